The lowest BCUT2D eigenvalue weighted by Crippen LogP contribution is -2.31. The zero-order chi connectivity index (χ0) is 13.0. The van der Waals surface area contributed by atoms with E-state index in [0.717, 1.165) is 12.8 Å². The molecule has 0 aliphatic heterocycles. The SMILES string of the molecule is NCC1CCCCC1COc1ncc(Cl)cc1F. The number of nitrogens with two attached hydrogens (primary N) is 1. The predicted molar refractivity (Wildman–Crippen MR) is 69.2 cm³/mol. The molecule has 100 valence electrons. The van der Waals surface area contributed by atoms with Crippen molar-refractivity contribution in [2.75, 3.05) is 13.2 Å². The molecular weight excluding hydrogens is 255 g/mol. The van der Waals surface area contributed by atoms with Crippen molar-refractivity contribution in [3.63, 3.8) is 0 Å². The van der Waals surface area contributed by atoms with Crippen molar-refractivity contribution in [2.45, 2.75) is 25.7 Å². The molecule has 0 aromatic carbocycles. The molecule has 1 aliphatic rings. The normalized spacial score (nSPS) is 23.9. The highest BCUT2D eigenvalue weighted by Gasteiger charge is 2.24. The molecule has 2 N–H and O–H groups in total. The van der Waals surface area contributed by atoms with Crippen LogP contribution >= 0.6 is 11.6 Å². The van der Waals surface area contributed by atoms with E-state index in [9.17, 15) is 4.39 Å². The van der Waals surface area contributed by atoms with Crippen LogP contribution in [0.5, 0.6) is 5.88 Å². The Morgan fingerprint density at radius 1 is 1.39 bits per heavy atom. The molecule has 1 heterocycles. The van der Waals surface area contributed by atoms with Crippen LogP contribution < -0.4 is 10.5 Å². The first-order valence-electron chi connectivity index (χ1n) is 6.34. The molecule has 1 saturated carbocycles. The van der Waals surface area contributed by atoms with Gasteiger partial charge in [0.25, 0.3) is 0 Å². The summed E-state index contributed by atoms with van der Waals surface area (Å²) in [5.41, 5.74) is 5.75. The van der Waals surface area contributed by atoms with E-state index < -0.39 is 5.82 Å². The maximum Gasteiger partial charge on any atom is 0.250 e. The number of hydrogen-bond acceptors (Lipinski definition) is 3. The van der Waals surface area contributed by atoms with Crippen molar-refractivity contribution in [1.29, 1.82) is 0 Å². The molecule has 2 atom stereocenters. The van der Waals surface area contributed by atoms with E-state index in [1.54, 1.807) is 0 Å². The Balaban J connectivity index is 1.93. The van der Waals surface area contributed by atoms with Crippen LogP contribution in [0.25, 0.3) is 0 Å². The smallest absolute Gasteiger partial charge is 0.250 e. The van der Waals surface area contributed by atoms with Crippen LogP contribution in [0.1, 0.15) is 25.7 Å². The van der Waals surface area contributed by atoms with Crippen LogP contribution in [0, 0.1) is 17.7 Å². The van der Waals surface area contributed by atoms with Gasteiger partial charge in [0.05, 0.1) is 11.6 Å². The van der Waals surface area contributed by atoms with Crippen LogP contribution in [0.2, 0.25) is 5.02 Å². The van der Waals surface area contributed by atoms with E-state index >= 15 is 0 Å². The number of rotatable bonds is 4. The summed E-state index contributed by atoms with van der Waals surface area (Å²) in [4.78, 5) is 3.85. The Morgan fingerprint density at radius 3 is 2.78 bits per heavy atom. The maximum atomic E-state index is 13.5. The van der Waals surface area contributed by atoms with Crippen LogP contribution in [-0.2, 0) is 0 Å². The monoisotopic (exact) mass is 272 g/mol. The minimum atomic E-state index is -0.511. The van der Waals surface area contributed by atoms with E-state index in [1.165, 1.54) is 25.1 Å². The first kappa shape index (κ1) is 13.6. The summed E-state index contributed by atoms with van der Waals surface area (Å²) in [6.07, 6.45) is 6.05. The summed E-state index contributed by atoms with van der Waals surface area (Å²) in [5, 5.41) is 0.275. The van der Waals surface area contributed by atoms with Crippen molar-refractivity contribution in [3.05, 3.63) is 23.1 Å². The minimum Gasteiger partial charge on any atom is -0.475 e. The lowest BCUT2D eigenvalue weighted by atomic mass is 9.80. The van der Waals surface area contributed by atoms with Crippen LogP contribution in [-0.4, -0.2) is 18.1 Å². The zero-order valence-electron chi connectivity index (χ0n) is 10.2. The standard InChI is InChI=1S/C13H18ClFN2O/c14-11-5-12(15)13(17-7-11)18-8-10-4-2-1-3-9(10)6-16/h5,7,9-10H,1-4,6,8,16H2. The fourth-order valence-corrected chi connectivity index (χ4v) is 2.65. The molecule has 18 heavy (non-hydrogen) atoms. The number of halogens is 2. The molecular formula is C13H18ClFN2O. The molecule has 0 saturated heterocycles. The van der Waals surface area contributed by atoms with Gasteiger partial charge in [0.2, 0.25) is 5.88 Å². The van der Waals surface area contributed by atoms with Crippen molar-refractivity contribution in [2.24, 2.45) is 17.6 Å². The molecule has 1 aromatic rings. The summed E-state index contributed by atoms with van der Waals surface area (Å²) in [6, 6.07) is 1.21. The van der Waals surface area contributed by atoms with Gasteiger partial charge in [0.15, 0.2) is 5.82 Å². The average Bonchev–Trinajstić information content (AvgIpc) is 2.38. The third-order valence-corrected chi connectivity index (χ3v) is 3.78. The highest BCUT2D eigenvalue weighted by atomic mass is 35.5. The average molecular weight is 273 g/mol. The molecule has 0 spiro atoms. The maximum absolute atomic E-state index is 13.5. The fourth-order valence-electron chi connectivity index (χ4n) is 2.51. The van der Waals surface area contributed by atoms with Gasteiger partial charge in [-0.3, -0.25) is 0 Å². The van der Waals surface area contributed by atoms with Crippen LogP contribution in [0.4, 0.5) is 4.39 Å². The summed E-state index contributed by atoms with van der Waals surface area (Å²) >= 11 is 5.64. The Kier molecular flexibility index (Phi) is 4.78. The van der Waals surface area contributed by atoms with Crippen molar-refractivity contribution >= 4 is 11.6 Å². The lowest BCUT2D eigenvalue weighted by molar-refractivity contribution is 0.145. The first-order valence-corrected chi connectivity index (χ1v) is 6.72. The lowest BCUT2D eigenvalue weighted by Gasteiger charge is -2.30. The van der Waals surface area contributed by atoms with Gasteiger partial charge < -0.3 is 10.5 Å². The summed E-state index contributed by atoms with van der Waals surface area (Å²) in [5.74, 6) is 0.401. The molecule has 0 radical (unpaired) electrons. The second-order valence-electron chi connectivity index (χ2n) is 4.79. The summed E-state index contributed by atoms with van der Waals surface area (Å²) < 4.78 is 19.0. The van der Waals surface area contributed by atoms with E-state index in [2.05, 4.69) is 4.98 Å². The Bertz CT molecular complexity index is 403. The first-order chi connectivity index (χ1) is 8.70. The zero-order valence-corrected chi connectivity index (χ0v) is 11.0. The van der Waals surface area contributed by atoms with E-state index in [4.69, 9.17) is 22.1 Å². The summed E-state index contributed by atoms with van der Waals surface area (Å²) in [7, 11) is 0. The van der Waals surface area contributed by atoms with Gasteiger partial charge in [-0.1, -0.05) is 24.4 Å². The van der Waals surface area contributed by atoms with Gasteiger partial charge >= 0.3 is 0 Å². The number of hydrogen-bond donors (Lipinski definition) is 1. The highest BCUT2D eigenvalue weighted by Crippen LogP contribution is 2.30. The minimum absolute atomic E-state index is 0.0285. The van der Waals surface area contributed by atoms with Gasteiger partial charge in [-0.2, -0.15) is 0 Å². The Labute approximate surface area is 111 Å². The van der Waals surface area contributed by atoms with Gasteiger partial charge in [-0.05, 0) is 37.3 Å². The number of aromatic nitrogens is 1. The molecule has 1 aliphatic carbocycles. The van der Waals surface area contributed by atoms with Crippen molar-refractivity contribution in [1.82, 2.24) is 4.98 Å². The van der Waals surface area contributed by atoms with Gasteiger partial charge in [-0.25, -0.2) is 9.37 Å². The molecule has 5 heteroatoms. The molecule has 2 rings (SSSR count). The number of pyridine rings is 1. The van der Waals surface area contributed by atoms with E-state index in [-0.39, 0.29) is 10.9 Å². The van der Waals surface area contributed by atoms with E-state index in [0.29, 0.717) is 25.0 Å². The van der Waals surface area contributed by atoms with E-state index in [1.807, 2.05) is 0 Å². The van der Waals surface area contributed by atoms with Gasteiger partial charge in [-0.15, -0.1) is 0 Å². The number of ether oxygens (including phenoxy) is 1. The third-order valence-electron chi connectivity index (χ3n) is 3.58. The second-order valence-corrected chi connectivity index (χ2v) is 5.23. The third kappa shape index (κ3) is 3.33. The van der Waals surface area contributed by atoms with Crippen molar-refractivity contribution in [3.8, 4) is 5.88 Å². The largest absolute Gasteiger partial charge is 0.475 e. The van der Waals surface area contributed by atoms with Gasteiger partial charge in [0.1, 0.15) is 0 Å². The highest BCUT2D eigenvalue weighted by molar-refractivity contribution is 6.30. The molecule has 3 nitrogen and oxygen atoms in total. The molecule has 1 fully saturated rings. The van der Waals surface area contributed by atoms with Crippen molar-refractivity contribution < 1.29 is 9.13 Å². The molecule has 0 amide bonds. The van der Waals surface area contributed by atoms with Crippen LogP contribution in [0.15, 0.2) is 12.3 Å². The molecule has 1 aromatic heterocycles. The molecule has 0 bridgehead atoms. The molecule has 2 unspecified atom stereocenters. The summed E-state index contributed by atoms with van der Waals surface area (Å²) in [6.45, 7) is 1.15. The second kappa shape index (κ2) is 6.34. The van der Waals surface area contributed by atoms with Gasteiger partial charge in [0, 0.05) is 6.20 Å². The number of nitrogens with zero attached hydrogens (tertiary/aromatic N) is 1. The Morgan fingerprint density at radius 2 is 2.11 bits per heavy atom. The Hall–Kier alpha value is -0.870. The quantitative estimate of drug-likeness (QED) is 0.917. The fraction of sp³-hybridized carbons (Fsp3) is 0.615. The topological polar surface area (TPSA) is 48.1 Å². The van der Waals surface area contributed by atoms with Crippen LogP contribution in [0.3, 0.4) is 0 Å². The predicted octanol–water partition coefficient (Wildman–Crippen LogP) is 3.02.